The highest BCUT2D eigenvalue weighted by atomic mass is 32.2. The van der Waals surface area contributed by atoms with E-state index in [1.165, 1.54) is 11.8 Å². The Morgan fingerprint density at radius 3 is 2.75 bits per heavy atom. The van der Waals surface area contributed by atoms with Gasteiger partial charge < -0.3 is 4.74 Å². The fourth-order valence-electron chi connectivity index (χ4n) is 3.33. The van der Waals surface area contributed by atoms with Gasteiger partial charge >= 0.3 is 0 Å². The lowest BCUT2D eigenvalue weighted by molar-refractivity contribution is -0.0411. The minimum Gasteiger partial charge on any atom is -0.370 e. The van der Waals surface area contributed by atoms with Crippen LogP contribution in [0.1, 0.15) is 30.7 Å². The average Bonchev–Trinajstić information content (AvgIpc) is 2.65. The fraction of sp³-hybridized carbons (Fsp3) is 0.318. The predicted octanol–water partition coefficient (Wildman–Crippen LogP) is 4.22. The van der Waals surface area contributed by atoms with Crippen LogP contribution in [0.25, 0.3) is 16.7 Å². The number of aryl methyl sites for hydroxylation is 1. The Morgan fingerprint density at radius 2 is 2.04 bits per heavy atom. The summed E-state index contributed by atoms with van der Waals surface area (Å²) in [6.45, 7) is 10.4. The molecule has 3 aromatic rings. The van der Waals surface area contributed by atoms with Gasteiger partial charge in [0.1, 0.15) is 0 Å². The lowest BCUT2D eigenvalue weighted by Gasteiger charge is -2.31. The lowest BCUT2D eigenvalue weighted by atomic mass is 9.95. The van der Waals surface area contributed by atoms with Gasteiger partial charge in [-0.2, -0.15) is 0 Å². The standard InChI is InChI=1S/C22H23N3O2S/c1-5-10-28-21-24-19-17(11-15-13-27-22(3,4)12-18(15)23-19)20(26)25(21)16-8-6-14(2)7-9-16/h5-9,11H,1,10,12-13H2,2-4H3. The van der Waals surface area contributed by atoms with Crippen LogP contribution in [-0.2, 0) is 17.8 Å². The molecule has 0 amide bonds. The topological polar surface area (TPSA) is 57.0 Å². The van der Waals surface area contributed by atoms with Crippen molar-refractivity contribution in [2.75, 3.05) is 5.75 Å². The first-order valence-corrected chi connectivity index (χ1v) is 10.3. The Balaban J connectivity index is 1.95. The van der Waals surface area contributed by atoms with Crippen molar-refractivity contribution in [1.82, 2.24) is 14.5 Å². The molecule has 0 spiro atoms. The van der Waals surface area contributed by atoms with E-state index in [2.05, 4.69) is 20.4 Å². The van der Waals surface area contributed by atoms with Crippen LogP contribution in [0, 0.1) is 6.92 Å². The number of rotatable bonds is 4. The zero-order valence-electron chi connectivity index (χ0n) is 16.4. The second kappa shape index (κ2) is 7.18. The highest BCUT2D eigenvalue weighted by Crippen LogP contribution is 2.29. The molecule has 0 radical (unpaired) electrons. The molecular weight excluding hydrogens is 370 g/mol. The van der Waals surface area contributed by atoms with Gasteiger partial charge in [0.15, 0.2) is 10.8 Å². The third-order valence-electron chi connectivity index (χ3n) is 4.83. The summed E-state index contributed by atoms with van der Waals surface area (Å²) in [6, 6.07) is 9.78. The average molecular weight is 394 g/mol. The van der Waals surface area contributed by atoms with E-state index in [0.29, 0.717) is 35.0 Å². The summed E-state index contributed by atoms with van der Waals surface area (Å²) in [5.41, 5.74) is 3.99. The van der Waals surface area contributed by atoms with Crippen LogP contribution in [0.5, 0.6) is 0 Å². The third kappa shape index (κ3) is 3.50. The summed E-state index contributed by atoms with van der Waals surface area (Å²) in [5.74, 6) is 0.662. The molecule has 144 valence electrons. The summed E-state index contributed by atoms with van der Waals surface area (Å²) >= 11 is 1.48. The lowest BCUT2D eigenvalue weighted by Crippen LogP contribution is -2.33. The maximum atomic E-state index is 13.4. The van der Waals surface area contributed by atoms with E-state index in [9.17, 15) is 4.79 Å². The summed E-state index contributed by atoms with van der Waals surface area (Å²) in [6.07, 6.45) is 2.51. The zero-order valence-corrected chi connectivity index (χ0v) is 17.2. The zero-order chi connectivity index (χ0) is 19.9. The normalized spacial score (nSPS) is 15.4. The van der Waals surface area contributed by atoms with Gasteiger partial charge in [-0.25, -0.2) is 9.97 Å². The van der Waals surface area contributed by atoms with Gasteiger partial charge in [0.05, 0.1) is 29.0 Å². The van der Waals surface area contributed by atoms with Gasteiger partial charge in [-0.3, -0.25) is 9.36 Å². The predicted molar refractivity (Wildman–Crippen MR) is 113 cm³/mol. The molecule has 1 aliphatic rings. The number of ether oxygens (including phenoxy) is 1. The smallest absolute Gasteiger partial charge is 0.268 e. The maximum Gasteiger partial charge on any atom is 0.268 e. The summed E-state index contributed by atoms with van der Waals surface area (Å²) in [5, 5.41) is 1.14. The van der Waals surface area contributed by atoms with E-state index < -0.39 is 0 Å². The molecule has 0 aliphatic carbocycles. The largest absolute Gasteiger partial charge is 0.370 e. The highest BCUT2D eigenvalue weighted by Gasteiger charge is 2.28. The molecule has 4 rings (SSSR count). The van der Waals surface area contributed by atoms with Crippen molar-refractivity contribution in [3.8, 4) is 5.69 Å². The van der Waals surface area contributed by atoms with Gasteiger partial charge in [-0.15, -0.1) is 6.58 Å². The van der Waals surface area contributed by atoms with Crippen LogP contribution < -0.4 is 5.56 Å². The van der Waals surface area contributed by atoms with Crippen LogP contribution >= 0.6 is 11.8 Å². The Kier molecular flexibility index (Phi) is 4.85. The molecule has 0 N–H and O–H groups in total. The van der Waals surface area contributed by atoms with Crippen molar-refractivity contribution in [3.63, 3.8) is 0 Å². The first kappa shape index (κ1) is 18.9. The van der Waals surface area contributed by atoms with E-state index in [1.54, 1.807) is 10.6 Å². The molecule has 5 nitrogen and oxygen atoms in total. The summed E-state index contributed by atoms with van der Waals surface area (Å²) in [4.78, 5) is 22.9. The van der Waals surface area contributed by atoms with Gasteiger partial charge in [0.25, 0.3) is 5.56 Å². The number of benzene rings is 1. The molecule has 28 heavy (non-hydrogen) atoms. The van der Waals surface area contributed by atoms with E-state index in [4.69, 9.17) is 14.7 Å². The molecule has 0 atom stereocenters. The van der Waals surface area contributed by atoms with Crippen molar-refractivity contribution in [3.05, 3.63) is 70.2 Å². The second-order valence-corrected chi connectivity index (χ2v) is 8.65. The van der Waals surface area contributed by atoms with Gasteiger partial charge in [-0.05, 0) is 39.0 Å². The van der Waals surface area contributed by atoms with Gasteiger partial charge in [-0.1, -0.05) is 35.5 Å². The summed E-state index contributed by atoms with van der Waals surface area (Å²) < 4.78 is 7.57. The van der Waals surface area contributed by atoms with Crippen LogP contribution in [0.15, 0.2) is 52.9 Å². The minimum absolute atomic E-state index is 0.111. The Morgan fingerprint density at radius 1 is 1.29 bits per heavy atom. The number of pyridine rings is 1. The molecule has 1 aromatic carbocycles. The molecule has 1 aliphatic heterocycles. The number of hydrogen-bond acceptors (Lipinski definition) is 5. The Bertz CT molecular complexity index is 1120. The number of fused-ring (bicyclic) bond motifs is 2. The number of hydrogen-bond donors (Lipinski definition) is 0. The van der Waals surface area contributed by atoms with Crippen LogP contribution in [-0.4, -0.2) is 25.9 Å². The second-order valence-electron chi connectivity index (χ2n) is 7.66. The van der Waals surface area contributed by atoms with Gasteiger partial charge in [0.2, 0.25) is 0 Å². The Hall–Kier alpha value is -2.44. The molecule has 0 fully saturated rings. The summed E-state index contributed by atoms with van der Waals surface area (Å²) in [7, 11) is 0. The van der Waals surface area contributed by atoms with Crippen molar-refractivity contribution < 1.29 is 4.74 Å². The van der Waals surface area contributed by atoms with E-state index >= 15 is 0 Å². The van der Waals surface area contributed by atoms with E-state index in [-0.39, 0.29) is 11.2 Å². The molecule has 3 heterocycles. The van der Waals surface area contributed by atoms with Crippen LogP contribution in [0.4, 0.5) is 0 Å². The van der Waals surface area contributed by atoms with Crippen molar-refractivity contribution >= 4 is 22.8 Å². The number of thioether (sulfide) groups is 1. The number of aromatic nitrogens is 3. The molecule has 0 unspecified atom stereocenters. The van der Waals surface area contributed by atoms with Crippen molar-refractivity contribution in [1.29, 1.82) is 0 Å². The van der Waals surface area contributed by atoms with Crippen molar-refractivity contribution in [2.24, 2.45) is 0 Å². The molecule has 0 bridgehead atoms. The van der Waals surface area contributed by atoms with Crippen LogP contribution in [0.2, 0.25) is 0 Å². The third-order valence-corrected chi connectivity index (χ3v) is 5.77. The van der Waals surface area contributed by atoms with E-state index in [0.717, 1.165) is 22.5 Å². The fourth-order valence-corrected chi connectivity index (χ4v) is 4.07. The quantitative estimate of drug-likeness (QED) is 0.377. The SMILES string of the molecule is C=CCSc1nc2nc3c(cc2c(=O)n1-c1ccc(C)cc1)COC(C)(C)C3. The molecule has 0 saturated carbocycles. The monoisotopic (exact) mass is 393 g/mol. The first-order valence-electron chi connectivity index (χ1n) is 9.28. The van der Waals surface area contributed by atoms with E-state index in [1.807, 2.05) is 37.3 Å². The van der Waals surface area contributed by atoms with Crippen LogP contribution in [0.3, 0.4) is 0 Å². The minimum atomic E-state index is -0.259. The van der Waals surface area contributed by atoms with Gasteiger partial charge in [0, 0.05) is 17.7 Å². The van der Waals surface area contributed by atoms with Crippen molar-refractivity contribution in [2.45, 2.75) is 44.6 Å². The molecule has 6 heteroatoms. The molecular formula is C22H23N3O2S. The molecule has 2 aromatic heterocycles. The first-order chi connectivity index (χ1) is 13.4. The maximum absolute atomic E-state index is 13.4. The highest BCUT2D eigenvalue weighted by molar-refractivity contribution is 7.99. The number of nitrogens with zero attached hydrogens (tertiary/aromatic N) is 3. The molecule has 0 saturated heterocycles. The Labute approximate surface area is 168 Å².